The van der Waals surface area contributed by atoms with Gasteiger partial charge in [-0.15, -0.1) is 11.6 Å². The van der Waals surface area contributed by atoms with Crippen molar-refractivity contribution < 1.29 is 0 Å². The van der Waals surface area contributed by atoms with E-state index in [4.69, 9.17) is 11.6 Å². The van der Waals surface area contributed by atoms with Gasteiger partial charge in [-0.1, -0.05) is 22.6 Å². The van der Waals surface area contributed by atoms with Crippen molar-refractivity contribution >= 4 is 40.4 Å². The molecule has 0 saturated heterocycles. The maximum absolute atomic E-state index is 5.85. The lowest BCUT2D eigenvalue weighted by Gasteiger charge is -2.05. The Morgan fingerprint density at radius 2 is 2.62 bits per heavy atom. The summed E-state index contributed by atoms with van der Waals surface area (Å²) in [5, 5.41) is 0.270. The van der Waals surface area contributed by atoms with E-state index in [9.17, 15) is 0 Å². The largest absolute Gasteiger partial charge is 0.292 e. The van der Waals surface area contributed by atoms with Crippen molar-refractivity contribution in [1.29, 1.82) is 0 Å². The van der Waals surface area contributed by atoms with Gasteiger partial charge < -0.3 is 0 Å². The monoisotopic (exact) mass is 243 g/mol. The number of hydrogen-bond donors (Lipinski definition) is 0. The van der Waals surface area contributed by atoms with Crippen LogP contribution in [0.5, 0.6) is 0 Å². The standard InChI is InChI=1S/C5H7ClIN/c6-4-1-2-8-5(4)3-7/h2,4-5H,1,3H2. The third-order valence-corrected chi connectivity index (χ3v) is 2.57. The second-order valence-electron chi connectivity index (χ2n) is 1.80. The van der Waals surface area contributed by atoms with Gasteiger partial charge in [-0.25, -0.2) is 0 Å². The second kappa shape index (κ2) is 3.01. The second-order valence-corrected chi connectivity index (χ2v) is 3.25. The lowest BCUT2D eigenvalue weighted by molar-refractivity contribution is 0.767. The van der Waals surface area contributed by atoms with Gasteiger partial charge in [-0.05, 0) is 0 Å². The molecule has 1 rings (SSSR count). The van der Waals surface area contributed by atoms with E-state index in [2.05, 4.69) is 27.6 Å². The number of aliphatic imine (C=N–C) groups is 1. The van der Waals surface area contributed by atoms with Crippen LogP contribution in [0.1, 0.15) is 6.42 Å². The Bertz CT molecular complexity index is 105. The van der Waals surface area contributed by atoms with Gasteiger partial charge in [0.2, 0.25) is 0 Å². The minimum atomic E-state index is 0.270. The van der Waals surface area contributed by atoms with Crippen LogP contribution in [0.15, 0.2) is 4.99 Å². The van der Waals surface area contributed by atoms with Crippen molar-refractivity contribution in [2.24, 2.45) is 4.99 Å². The first kappa shape index (κ1) is 6.81. The Hall–Kier alpha value is 0.690. The topological polar surface area (TPSA) is 12.4 Å². The van der Waals surface area contributed by atoms with Crippen LogP contribution in [0.4, 0.5) is 0 Å². The Kier molecular flexibility index (Phi) is 2.56. The highest BCUT2D eigenvalue weighted by atomic mass is 127. The van der Waals surface area contributed by atoms with Crippen LogP contribution in [-0.2, 0) is 0 Å². The average Bonchev–Trinajstić information content (AvgIpc) is 2.14. The summed E-state index contributed by atoms with van der Waals surface area (Å²) in [6, 6.07) is 0.386. The van der Waals surface area contributed by atoms with Gasteiger partial charge in [0.05, 0.1) is 11.4 Å². The third-order valence-electron chi connectivity index (χ3n) is 1.20. The molecular formula is C5H7ClIN. The molecule has 2 atom stereocenters. The molecule has 0 aromatic rings. The van der Waals surface area contributed by atoms with Crippen molar-refractivity contribution in [2.75, 3.05) is 4.43 Å². The van der Waals surface area contributed by atoms with Crippen LogP contribution in [0.3, 0.4) is 0 Å². The van der Waals surface area contributed by atoms with E-state index in [0.717, 1.165) is 10.8 Å². The fourth-order valence-corrected chi connectivity index (χ4v) is 2.06. The molecule has 0 aliphatic carbocycles. The van der Waals surface area contributed by atoms with Crippen molar-refractivity contribution in [3.63, 3.8) is 0 Å². The zero-order valence-corrected chi connectivity index (χ0v) is 7.26. The van der Waals surface area contributed by atoms with Crippen molar-refractivity contribution in [3.8, 4) is 0 Å². The van der Waals surface area contributed by atoms with Crippen LogP contribution in [0.25, 0.3) is 0 Å². The minimum Gasteiger partial charge on any atom is -0.292 e. The van der Waals surface area contributed by atoms with Crippen molar-refractivity contribution in [2.45, 2.75) is 17.8 Å². The molecule has 3 heteroatoms. The molecule has 0 saturated carbocycles. The summed E-state index contributed by atoms with van der Waals surface area (Å²) in [6.07, 6.45) is 2.87. The Balaban J connectivity index is 2.41. The molecule has 46 valence electrons. The molecule has 0 fully saturated rings. The minimum absolute atomic E-state index is 0.270. The molecule has 1 nitrogen and oxygen atoms in total. The maximum Gasteiger partial charge on any atom is 0.0751 e. The highest BCUT2D eigenvalue weighted by molar-refractivity contribution is 14.1. The average molecular weight is 243 g/mol. The molecule has 0 bridgehead atoms. The number of hydrogen-bond acceptors (Lipinski definition) is 1. The van der Waals surface area contributed by atoms with E-state index < -0.39 is 0 Å². The molecule has 0 aromatic heterocycles. The van der Waals surface area contributed by atoms with E-state index in [-0.39, 0.29) is 5.38 Å². The summed E-state index contributed by atoms with van der Waals surface area (Å²) in [7, 11) is 0. The highest BCUT2D eigenvalue weighted by Gasteiger charge is 2.19. The van der Waals surface area contributed by atoms with E-state index in [1.807, 2.05) is 6.21 Å². The predicted molar refractivity (Wildman–Crippen MR) is 45.4 cm³/mol. The van der Waals surface area contributed by atoms with Crippen molar-refractivity contribution in [1.82, 2.24) is 0 Å². The van der Waals surface area contributed by atoms with Gasteiger partial charge in [0.25, 0.3) is 0 Å². The maximum atomic E-state index is 5.85. The summed E-state index contributed by atoms with van der Waals surface area (Å²) in [5.41, 5.74) is 0. The number of rotatable bonds is 1. The van der Waals surface area contributed by atoms with E-state index in [1.54, 1.807) is 0 Å². The molecule has 0 spiro atoms. The Labute approximate surface area is 67.7 Å². The number of alkyl halides is 2. The first-order valence-corrected chi connectivity index (χ1v) is 4.52. The van der Waals surface area contributed by atoms with Gasteiger partial charge in [0, 0.05) is 17.1 Å². The molecular weight excluding hydrogens is 236 g/mol. The lowest BCUT2D eigenvalue weighted by atomic mass is 10.2. The molecule has 0 aromatic carbocycles. The summed E-state index contributed by atoms with van der Waals surface area (Å²) < 4.78 is 1.04. The van der Waals surface area contributed by atoms with E-state index in [0.29, 0.717) is 6.04 Å². The molecule has 1 heterocycles. The molecule has 2 unspecified atom stereocenters. The summed E-state index contributed by atoms with van der Waals surface area (Å²) in [6.45, 7) is 0. The van der Waals surface area contributed by atoms with Crippen LogP contribution in [0, 0.1) is 0 Å². The Morgan fingerprint density at radius 3 is 2.88 bits per heavy atom. The third kappa shape index (κ3) is 1.35. The van der Waals surface area contributed by atoms with Gasteiger partial charge in [-0.3, -0.25) is 4.99 Å². The van der Waals surface area contributed by atoms with Gasteiger partial charge >= 0.3 is 0 Å². The van der Waals surface area contributed by atoms with E-state index in [1.165, 1.54) is 0 Å². The van der Waals surface area contributed by atoms with Gasteiger partial charge in [0.1, 0.15) is 0 Å². The molecule has 8 heavy (non-hydrogen) atoms. The normalized spacial score (nSPS) is 36.2. The first-order chi connectivity index (χ1) is 3.84. The molecule has 1 aliphatic heterocycles. The molecule has 0 radical (unpaired) electrons. The zero-order chi connectivity index (χ0) is 5.98. The summed E-state index contributed by atoms with van der Waals surface area (Å²) in [5.74, 6) is 0. The molecule has 0 amide bonds. The summed E-state index contributed by atoms with van der Waals surface area (Å²) >= 11 is 8.16. The van der Waals surface area contributed by atoms with Crippen molar-refractivity contribution in [3.05, 3.63) is 0 Å². The fourth-order valence-electron chi connectivity index (χ4n) is 0.684. The van der Waals surface area contributed by atoms with Crippen LogP contribution >= 0.6 is 34.2 Å². The predicted octanol–water partition coefficient (Wildman–Crippen LogP) is 1.87. The number of halogens is 2. The van der Waals surface area contributed by atoms with Crippen LogP contribution in [0.2, 0.25) is 0 Å². The zero-order valence-electron chi connectivity index (χ0n) is 4.35. The molecule has 0 N–H and O–H groups in total. The van der Waals surface area contributed by atoms with Crippen LogP contribution < -0.4 is 0 Å². The molecule has 1 aliphatic rings. The Morgan fingerprint density at radius 1 is 1.88 bits per heavy atom. The summed E-state index contributed by atoms with van der Waals surface area (Å²) in [4.78, 5) is 4.17. The number of nitrogens with zero attached hydrogens (tertiary/aromatic N) is 1. The quantitative estimate of drug-likeness (QED) is 0.492. The SMILES string of the molecule is ClC1CC=NC1CI. The smallest absolute Gasteiger partial charge is 0.0751 e. The fraction of sp³-hybridized carbons (Fsp3) is 0.800. The van der Waals surface area contributed by atoms with Gasteiger partial charge in [-0.2, -0.15) is 0 Å². The first-order valence-electron chi connectivity index (χ1n) is 2.56. The van der Waals surface area contributed by atoms with E-state index >= 15 is 0 Å². The van der Waals surface area contributed by atoms with Gasteiger partial charge in [0.15, 0.2) is 0 Å². The highest BCUT2D eigenvalue weighted by Crippen LogP contribution is 2.17. The van der Waals surface area contributed by atoms with Crippen LogP contribution in [-0.4, -0.2) is 22.1 Å². The lowest BCUT2D eigenvalue weighted by Crippen LogP contribution is -2.14.